The summed E-state index contributed by atoms with van der Waals surface area (Å²) in [5.74, 6) is 0.0530. The van der Waals surface area contributed by atoms with Crippen molar-refractivity contribution in [1.29, 1.82) is 0 Å². The first-order valence-corrected chi connectivity index (χ1v) is 12.8. The average molecular weight is 522 g/mol. The van der Waals surface area contributed by atoms with Gasteiger partial charge in [-0.1, -0.05) is 26.0 Å². The van der Waals surface area contributed by atoms with Gasteiger partial charge >= 0.3 is 0 Å². The van der Waals surface area contributed by atoms with E-state index in [1.54, 1.807) is 10.9 Å². The molecule has 0 radical (unpaired) electrons. The summed E-state index contributed by atoms with van der Waals surface area (Å²) in [5, 5.41) is 7.95. The molecule has 3 amide bonds. The van der Waals surface area contributed by atoms with Crippen molar-refractivity contribution < 1.29 is 33.3 Å². The van der Waals surface area contributed by atoms with Gasteiger partial charge in [-0.05, 0) is 11.3 Å². The molecule has 12 heteroatoms. The summed E-state index contributed by atoms with van der Waals surface area (Å²) in [4.78, 5) is 38.3. The molecule has 37 heavy (non-hydrogen) atoms. The molecule has 0 N–H and O–H groups in total. The number of hydrogen-bond donors (Lipinski definition) is 0. The van der Waals surface area contributed by atoms with Crippen molar-refractivity contribution in [2.75, 3.05) is 65.9 Å². The van der Waals surface area contributed by atoms with Gasteiger partial charge in [0, 0.05) is 25.2 Å². The number of nitrogens with zero attached hydrogens (tertiary/aromatic N) is 5. The normalized spacial score (nSPS) is 16.2. The fourth-order valence-electron chi connectivity index (χ4n) is 3.74. The van der Waals surface area contributed by atoms with Crippen LogP contribution >= 0.6 is 0 Å². The summed E-state index contributed by atoms with van der Waals surface area (Å²) < 4.78 is 23.6. The fraction of sp³-hybridized carbons (Fsp3) is 0.720. The first-order valence-electron chi connectivity index (χ1n) is 12.8. The van der Waals surface area contributed by atoms with Crippen LogP contribution in [-0.4, -0.2) is 108 Å². The predicted molar refractivity (Wildman–Crippen MR) is 132 cm³/mol. The van der Waals surface area contributed by atoms with Crippen molar-refractivity contribution in [3.8, 4) is 0 Å². The maximum absolute atomic E-state index is 12.1. The van der Waals surface area contributed by atoms with E-state index in [0.717, 1.165) is 18.0 Å². The SMILES string of the molecule is CC(C)(C)C1CN(C(=O)CCOCCOCCOCCOCCn2cc(CN3C(=O)C=CC3=O)nn2)C1. The van der Waals surface area contributed by atoms with Gasteiger partial charge in [-0.25, -0.2) is 4.68 Å². The van der Waals surface area contributed by atoms with Gasteiger partial charge in [0.15, 0.2) is 0 Å². The van der Waals surface area contributed by atoms with Gasteiger partial charge in [0.1, 0.15) is 5.69 Å². The zero-order valence-electron chi connectivity index (χ0n) is 22.1. The smallest absolute Gasteiger partial charge is 0.253 e. The van der Waals surface area contributed by atoms with Crippen LogP contribution in [0.5, 0.6) is 0 Å². The Balaban J connectivity index is 1.07. The second kappa shape index (κ2) is 14.3. The number of imide groups is 1. The van der Waals surface area contributed by atoms with E-state index < -0.39 is 0 Å². The minimum absolute atomic E-state index is 0.101. The zero-order chi connectivity index (χ0) is 26.7. The molecule has 1 fully saturated rings. The molecule has 3 heterocycles. The number of likely N-dealkylation sites (tertiary alicyclic amines) is 1. The molecule has 2 aliphatic rings. The van der Waals surface area contributed by atoms with Crippen molar-refractivity contribution in [2.45, 2.75) is 40.3 Å². The summed E-state index contributed by atoms with van der Waals surface area (Å²) >= 11 is 0. The molecule has 0 spiro atoms. The average Bonchev–Trinajstić information content (AvgIpc) is 3.38. The third-order valence-corrected chi connectivity index (χ3v) is 6.31. The molecule has 0 bridgehead atoms. The molecule has 206 valence electrons. The minimum Gasteiger partial charge on any atom is -0.379 e. The highest BCUT2D eigenvalue weighted by Gasteiger charge is 2.37. The fourth-order valence-corrected chi connectivity index (χ4v) is 3.74. The van der Waals surface area contributed by atoms with Crippen LogP contribution in [-0.2, 0) is 46.4 Å². The second-order valence-corrected chi connectivity index (χ2v) is 10.1. The lowest BCUT2D eigenvalue weighted by atomic mass is 9.76. The molecule has 1 aromatic rings. The van der Waals surface area contributed by atoms with Crippen LogP contribution in [0.4, 0.5) is 0 Å². The van der Waals surface area contributed by atoms with Crippen molar-refractivity contribution in [2.24, 2.45) is 11.3 Å². The Morgan fingerprint density at radius 1 is 0.892 bits per heavy atom. The summed E-state index contributed by atoms with van der Waals surface area (Å²) in [7, 11) is 0. The van der Waals surface area contributed by atoms with Crippen LogP contribution in [0.2, 0.25) is 0 Å². The molecule has 0 aliphatic carbocycles. The van der Waals surface area contributed by atoms with Crippen LogP contribution in [0.15, 0.2) is 18.3 Å². The molecule has 0 unspecified atom stereocenters. The molecule has 0 saturated carbocycles. The Bertz CT molecular complexity index is 903. The predicted octanol–water partition coefficient (Wildman–Crippen LogP) is 0.664. The highest BCUT2D eigenvalue weighted by Crippen LogP contribution is 2.33. The van der Waals surface area contributed by atoms with Gasteiger partial charge in [0.25, 0.3) is 11.8 Å². The van der Waals surface area contributed by atoms with E-state index in [2.05, 4.69) is 31.1 Å². The topological polar surface area (TPSA) is 125 Å². The van der Waals surface area contributed by atoms with Gasteiger partial charge in [0.05, 0.1) is 78.6 Å². The van der Waals surface area contributed by atoms with Gasteiger partial charge in [-0.3, -0.25) is 19.3 Å². The Morgan fingerprint density at radius 3 is 2.00 bits per heavy atom. The van der Waals surface area contributed by atoms with E-state index >= 15 is 0 Å². The minimum atomic E-state index is -0.346. The third-order valence-electron chi connectivity index (χ3n) is 6.31. The first kappa shape index (κ1) is 28.9. The highest BCUT2D eigenvalue weighted by atomic mass is 16.6. The summed E-state index contributed by atoms with van der Waals surface area (Å²) in [6, 6.07) is 0. The van der Waals surface area contributed by atoms with Crippen molar-refractivity contribution in [3.05, 3.63) is 24.0 Å². The van der Waals surface area contributed by atoms with E-state index in [1.807, 2.05) is 4.90 Å². The molecule has 0 aromatic carbocycles. The molecule has 2 aliphatic heterocycles. The lowest BCUT2D eigenvalue weighted by Crippen LogP contribution is -2.54. The quantitative estimate of drug-likeness (QED) is 0.215. The van der Waals surface area contributed by atoms with Crippen LogP contribution in [0.1, 0.15) is 32.9 Å². The lowest BCUT2D eigenvalue weighted by Gasteiger charge is -2.46. The molecular weight excluding hydrogens is 482 g/mol. The van der Waals surface area contributed by atoms with E-state index in [1.165, 1.54) is 12.2 Å². The molecule has 1 aromatic heterocycles. The maximum Gasteiger partial charge on any atom is 0.253 e. The summed E-state index contributed by atoms with van der Waals surface area (Å²) in [6.07, 6.45) is 4.58. The van der Waals surface area contributed by atoms with Gasteiger partial charge in [0.2, 0.25) is 5.91 Å². The lowest BCUT2D eigenvalue weighted by molar-refractivity contribution is -0.141. The molecule has 12 nitrogen and oxygen atoms in total. The van der Waals surface area contributed by atoms with E-state index in [9.17, 15) is 14.4 Å². The monoisotopic (exact) mass is 521 g/mol. The number of amides is 3. The van der Waals surface area contributed by atoms with Gasteiger partial charge < -0.3 is 23.8 Å². The first-order chi connectivity index (χ1) is 17.7. The zero-order valence-corrected chi connectivity index (χ0v) is 22.1. The third kappa shape index (κ3) is 9.62. The number of aromatic nitrogens is 3. The van der Waals surface area contributed by atoms with Crippen molar-refractivity contribution in [1.82, 2.24) is 24.8 Å². The van der Waals surface area contributed by atoms with Crippen LogP contribution < -0.4 is 0 Å². The number of rotatable bonds is 17. The van der Waals surface area contributed by atoms with Crippen LogP contribution in [0.3, 0.4) is 0 Å². The molecule has 0 atom stereocenters. The van der Waals surface area contributed by atoms with Crippen molar-refractivity contribution >= 4 is 17.7 Å². The second-order valence-electron chi connectivity index (χ2n) is 10.1. The molecule has 3 rings (SSSR count). The highest BCUT2D eigenvalue weighted by molar-refractivity contribution is 6.12. The van der Waals surface area contributed by atoms with E-state index in [4.69, 9.17) is 18.9 Å². The Kier molecular flexibility index (Phi) is 11.2. The van der Waals surface area contributed by atoms with Crippen molar-refractivity contribution in [3.63, 3.8) is 0 Å². The van der Waals surface area contributed by atoms with Crippen LogP contribution in [0, 0.1) is 11.3 Å². The number of carbonyl (C=O) groups is 3. The summed E-state index contributed by atoms with van der Waals surface area (Å²) in [6.45, 7) is 12.5. The Hall–Kier alpha value is -2.67. The Morgan fingerprint density at radius 2 is 1.43 bits per heavy atom. The maximum atomic E-state index is 12.1. The standard InChI is InChI=1S/C25H39N5O7/c1-25(2,3)20-16-28(17-20)22(31)6-8-34-10-12-36-14-15-37-13-11-35-9-7-29-18-21(26-27-29)19-30-23(32)4-5-24(30)33/h4-5,18,20H,6-17,19H2,1-3H3. The van der Waals surface area contributed by atoms with E-state index in [0.29, 0.717) is 77.4 Å². The summed E-state index contributed by atoms with van der Waals surface area (Å²) in [5.41, 5.74) is 0.792. The number of carbonyl (C=O) groups excluding carboxylic acids is 3. The van der Waals surface area contributed by atoms with Crippen LogP contribution in [0.25, 0.3) is 0 Å². The largest absolute Gasteiger partial charge is 0.379 e. The van der Waals surface area contributed by atoms with Gasteiger partial charge in [-0.2, -0.15) is 0 Å². The van der Waals surface area contributed by atoms with Gasteiger partial charge in [-0.15, -0.1) is 5.10 Å². The molecular formula is C25H39N5O7. The van der Waals surface area contributed by atoms with E-state index in [-0.39, 0.29) is 29.7 Å². The molecule has 1 saturated heterocycles. The number of ether oxygens (including phenoxy) is 4. The Labute approximate surface area is 217 Å². The number of hydrogen-bond acceptors (Lipinski definition) is 9.